The van der Waals surface area contributed by atoms with E-state index in [0.717, 1.165) is 25.3 Å². The largest absolute Gasteiger partial charge is 0.481 e. The molecule has 0 aromatic heterocycles. The van der Waals surface area contributed by atoms with E-state index >= 15 is 0 Å². The summed E-state index contributed by atoms with van der Waals surface area (Å²) < 4.78 is 13.9. The summed E-state index contributed by atoms with van der Waals surface area (Å²) in [4.78, 5) is 24.8. The molecule has 114 valence electrons. The van der Waals surface area contributed by atoms with E-state index < -0.39 is 11.8 Å². The molecule has 1 heterocycles. The van der Waals surface area contributed by atoms with Crippen molar-refractivity contribution >= 4 is 17.6 Å². The van der Waals surface area contributed by atoms with Gasteiger partial charge < -0.3 is 15.7 Å². The van der Waals surface area contributed by atoms with Crippen LogP contribution in [0.25, 0.3) is 0 Å². The average Bonchev–Trinajstić information content (AvgIpc) is 2.45. The predicted molar refractivity (Wildman–Crippen MR) is 76.4 cm³/mol. The van der Waals surface area contributed by atoms with Crippen LogP contribution in [0.5, 0.6) is 0 Å². The van der Waals surface area contributed by atoms with Crippen LogP contribution in [-0.4, -0.2) is 34.5 Å². The zero-order valence-corrected chi connectivity index (χ0v) is 11.7. The van der Waals surface area contributed by atoms with E-state index in [1.165, 1.54) is 12.1 Å². The number of carboxylic acid groups (broad SMARTS) is 1. The molecule has 1 saturated heterocycles. The van der Waals surface area contributed by atoms with Crippen molar-refractivity contribution in [2.45, 2.75) is 38.1 Å². The molecule has 1 fully saturated rings. The molecule has 0 bridgehead atoms. The zero-order valence-electron chi connectivity index (χ0n) is 11.7. The maximum atomic E-state index is 13.9. The van der Waals surface area contributed by atoms with Crippen molar-refractivity contribution in [2.75, 3.05) is 12.3 Å². The van der Waals surface area contributed by atoms with Crippen LogP contribution >= 0.6 is 0 Å². The Morgan fingerprint density at radius 1 is 1.38 bits per heavy atom. The number of piperidine rings is 1. The number of nitrogen functional groups attached to an aromatic ring is 1. The van der Waals surface area contributed by atoms with E-state index in [2.05, 4.69) is 0 Å². The minimum absolute atomic E-state index is 0.00794. The molecule has 1 unspecified atom stereocenters. The zero-order chi connectivity index (χ0) is 15.4. The molecule has 0 radical (unpaired) electrons. The maximum Gasteiger partial charge on any atom is 0.303 e. The van der Waals surface area contributed by atoms with Gasteiger partial charge in [0.1, 0.15) is 5.82 Å². The lowest BCUT2D eigenvalue weighted by Crippen LogP contribution is -2.44. The standard InChI is InChI=1S/C15H19FN2O3/c16-13-9-10(17)4-6-12(13)15(21)18-8-2-1-3-11(18)5-7-14(19)20/h4,6,9,11H,1-3,5,7-8,17H2,(H,19,20). The van der Waals surface area contributed by atoms with Crippen molar-refractivity contribution in [3.63, 3.8) is 0 Å². The summed E-state index contributed by atoms with van der Waals surface area (Å²) in [5.41, 5.74) is 5.74. The second-order valence-corrected chi connectivity index (χ2v) is 5.32. The fourth-order valence-corrected chi connectivity index (χ4v) is 2.72. The topological polar surface area (TPSA) is 83.6 Å². The van der Waals surface area contributed by atoms with E-state index in [9.17, 15) is 14.0 Å². The molecule has 21 heavy (non-hydrogen) atoms. The first-order valence-electron chi connectivity index (χ1n) is 7.07. The third-order valence-corrected chi connectivity index (χ3v) is 3.80. The highest BCUT2D eigenvalue weighted by atomic mass is 19.1. The molecule has 0 saturated carbocycles. The lowest BCUT2D eigenvalue weighted by Gasteiger charge is -2.35. The van der Waals surface area contributed by atoms with Crippen LogP contribution in [0.15, 0.2) is 18.2 Å². The van der Waals surface area contributed by atoms with Gasteiger partial charge in [-0.15, -0.1) is 0 Å². The second-order valence-electron chi connectivity index (χ2n) is 5.32. The Morgan fingerprint density at radius 2 is 2.14 bits per heavy atom. The Morgan fingerprint density at radius 3 is 2.81 bits per heavy atom. The number of benzene rings is 1. The molecular formula is C15H19FN2O3. The van der Waals surface area contributed by atoms with E-state index in [1.54, 1.807) is 4.90 Å². The monoisotopic (exact) mass is 294 g/mol. The fourth-order valence-electron chi connectivity index (χ4n) is 2.72. The Bertz CT molecular complexity index is 548. The third-order valence-electron chi connectivity index (χ3n) is 3.80. The number of rotatable bonds is 4. The van der Waals surface area contributed by atoms with E-state index in [-0.39, 0.29) is 29.6 Å². The van der Waals surface area contributed by atoms with Gasteiger partial charge in [-0.1, -0.05) is 0 Å². The molecular weight excluding hydrogens is 275 g/mol. The molecule has 0 spiro atoms. The van der Waals surface area contributed by atoms with Gasteiger partial charge in [0.15, 0.2) is 0 Å². The fraction of sp³-hybridized carbons (Fsp3) is 0.467. The Balaban J connectivity index is 2.16. The van der Waals surface area contributed by atoms with Crippen molar-refractivity contribution in [1.82, 2.24) is 4.90 Å². The summed E-state index contributed by atoms with van der Waals surface area (Å²) >= 11 is 0. The number of carbonyl (C=O) groups is 2. The number of carboxylic acids is 1. The van der Waals surface area contributed by atoms with Crippen molar-refractivity contribution in [1.29, 1.82) is 0 Å². The number of halogens is 1. The summed E-state index contributed by atoms with van der Waals surface area (Å²) in [6.45, 7) is 0.535. The van der Waals surface area contributed by atoms with Gasteiger partial charge in [-0.3, -0.25) is 9.59 Å². The highest BCUT2D eigenvalue weighted by Crippen LogP contribution is 2.24. The summed E-state index contributed by atoms with van der Waals surface area (Å²) in [6.07, 6.45) is 2.98. The molecule has 1 aliphatic heterocycles. The quantitative estimate of drug-likeness (QED) is 0.834. The molecule has 0 aliphatic carbocycles. The number of anilines is 1. The van der Waals surface area contributed by atoms with Gasteiger partial charge in [-0.2, -0.15) is 0 Å². The van der Waals surface area contributed by atoms with Gasteiger partial charge in [0.2, 0.25) is 0 Å². The van der Waals surface area contributed by atoms with E-state index in [0.29, 0.717) is 13.0 Å². The van der Waals surface area contributed by atoms with Gasteiger partial charge in [0.05, 0.1) is 5.56 Å². The Kier molecular flexibility index (Phi) is 4.77. The summed E-state index contributed by atoms with van der Waals surface area (Å²) in [6, 6.07) is 3.87. The van der Waals surface area contributed by atoms with Gasteiger partial charge in [-0.05, 0) is 43.9 Å². The van der Waals surface area contributed by atoms with Crippen molar-refractivity contribution < 1.29 is 19.1 Å². The lowest BCUT2D eigenvalue weighted by atomic mass is 9.96. The molecule has 1 aromatic carbocycles. The average molecular weight is 294 g/mol. The SMILES string of the molecule is Nc1ccc(C(=O)N2CCCCC2CCC(=O)O)c(F)c1. The third kappa shape index (κ3) is 3.71. The normalized spacial score (nSPS) is 18.5. The summed E-state index contributed by atoms with van der Waals surface area (Å²) in [5, 5.41) is 8.78. The van der Waals surface area contributed by atoms with Gasteiger partial charge in [-0.25, -0.2) is 4.39 Å². The highest BCUT2D eigenvalue weighted by molar-refractivity contribution is 5.95. The number of likely N-dealkylation sites (tertiary alicyclic amines) is 1. The van der Waals surface area contributed by atoms with Crippen LogP contribution in [0.2, 0.25) is 0 Å². The number of hydrogen-bond acceptors (Lipinski definition) is 3. The molecule has 5 nitrogen and oxygen atoms in total. The Hall–Kier alpha value is -2.11. The first-order valence-corrected chi connectivity index (χ1v) is 7.07. The number of carbonyl (C=O) groups excluding carboxylic acids is 1. The predicted octanol–water partition coefficient (Wildman–Crippen LogP) is 2.27. The molecule has 2 rings (SSSR count). The van der Waals surface area contributed by atoms with Crippen molar-refractivity contribution in [3.05, 3.63) is 29.6 Å². The smallest absolute Gasteiger partial charge is 0.303 e. The summed E-state index contributed by atoms with van der Waals surface area (Å²) in [5.74, 6) is -1.91. The van der Waals surface area contributed by atoms with Gasteiger partial charge >= 0.3 is 5.97 Å². The van der Waals surface area contributed by atoms with Crippen LogP contribution in [0, 0.1) is 5.82 Å². The first-order chi connectivity index (χ1) is 9.99. The van der Waals surface area contributed by atoms with Crippen molar-refractivity contribution in [3.8, 4) is 0 Å². The molecule has 3 N–H and O–H groups in total. The summed E-state index contributed by atoms with van der Waals surface area (Å²) in [7, 11) is 0. The minimum Gasteiger partial charge on any atom is -0.481 e. The Labute approximate surface area is 122 Å². The van der Waals surface area contributed by atoms with Crippen LogP contribution < -0.4 is 5.73 Å². The number of aliphatic carboxylic acids is 1. The number of nitrogens with two attached hydrogens (primary N) is 1. The molecule has 1 aliphatic rings. The first kappa shape index (κ1) is 15.3. The maximum absolute atomic E-state index is 13.9. The second kappa shape index (κ2) is 6.56. The lowest BCUT2D eigenvalue weighted by molar-refractivity contribution is -0.137. The van der Waals surface area contributed by atoms with Gasteiger partial charge in [0.25, 0.3) is 5.91 Å². The van der Waals surface area contributed by atoms with Crippen molar-refractivity contribution in [2.24, 2.45) is 0 Å². The van der Waals surface area contributed by atoms with Crippen LogP contribution in [-0.2, 0) is 4.79 Å². The van der Waals surface area contributed by atoms with Crippen LogP contribution in [0.3, 0.4) is 0 Å². The van der Waals surface area contributed by atoms with Crippen LogP contribution in [0.1, 0.15) is 42.5 Å². The number of amides is 1. The minimum atomic E-state index is -0.883. The van der Waals surface area contributed by atoms with E-state index in [4.69, 9.17) is 10.8 Å². The molecule has 1 aromatic rings. The number of nitrogens with zero attached hydrogens (tertiary/aromatic N) is 1. The van der Waals surface area contributed by atoms with Crippen LogP contribution in [0.4, 0.5) is 10.1 Å². The molecule has 6 heteroatoms. The number of hydrogen-bond donors (Lipinski definition) is 2. The molecule has 1 amide bonds. The molecule has 1 atom stereocenters. The highest BCUT2D eigenvalue weighted by Gasteiger charge is 2.29. The van der Waals surface area contributed by atoms with Gasteiger partial charge in [0, 0.05) is 24.7 Å². The van der Waals surface area contributed by atoms with E-state index in [1.807, 2.05) is 0 Å².